The second-order valence-electron chi connectivity index (χ2n) is 4.12. The first-order chi connectivity index (χ1) is 6.83. The molecule has 2 bridgehead atoms. The normalized spacial score (nSPS) is 29.9. The number of benzene rings is 1. The van der Waals surface area contributed by atoms with Gasteiger partial charge in [0.1, 0.15) is 0 Å². The van der Waals surface area contributed by atoms with Gasteiger partial charge in [-0.3, -0.25) is 0 Å². The van der Waals surface area contributed by atoms with Crippen molar-refractivity contribution in [2.45, 2.75) is 18.5 Å². The first kappa shape index (κ1) is 8.57. The van der Waals surface area contributed by atoms with E-state index in [9.17, 15) is 0 Å². The lowest BCUT2D eigenvalue weighted by Gasteiger charge is -2.29. The van der Waals surface area contributed by atoms with Crippen molar-refractivity contribution in [3.63, 3.8) is 0 Å². The minimum absolute atomic E-state index is 0.696. The maximum atomic E-state index is 5.87. The molecule has 0 saturated carbocycles. The van der Waals surface area contributed by atoms with Gasteiger partial charge in [-0.1, -0.05) is 11.6 Å². The van der Waals surface area contributed by atoms with E-state index in [4.69, 9.17) is 11.6 Å². The highest BCUT2D eigenvalue weighted by atomic mass is 35.5. The standard InChI is InChI=1S/C11H13ClN2/c12-8-1-3-10(4-2-8)14-7-9-5-11(14)6-13-9/h1-4,9,11,13H,5-7H2. The highest BCUT2D eigenvalue weighted by molar-refractivity contribution is 6.30. The van der Waals surface area contributed by atoms with E-state index in [2.05, 4.69) is 22.3 Å². The summed E-state index contributed by atoms with van der Waals surface area (Å²) in [6.45, 7) is 2.28. The second-order valence-corrected chi connectivity index (χ2v) is 4.56. The van der Waals surface area contributed by atoms with Crippen molar-refractivity contribution in [2.75, 3.05) is 18.0 Å². The van der Waals surface area contributed by atoms with Gasteiger partial charge in [-0.15, -0.1) is 0 Å². The lowest BCUT2D eigenvalue weighted by Crippen LogP contribution is -2.43. The molecule has 0 aromatic heterocycles. The van der Waals surface area contributed by atoms with E-state index in [0.29, 0.717) is 12.1 Å². The van der Waals surface area contributed by atoms with Crippen molar-refractivity contribution >= 4 is 17.3 Å². The van der Waals surface area contributed by atoms with Crippen molar-refractivity contribution in [3.05, 3.63) is 29.3 Å². The molecule has 2 saturated heterocycles. The van der Waals surface area contributed by atoms with Gasteiger partial charge < -0.3 is 10.2 Å². The molecule has 2 atom stereocenters. The zero-order valence-electron chi connectivity index (χ0n) is 7.91. The number of halogens is 1. The van der Waals surface area contributed by atoms with Gasteiger partial charge in [0.05, 0.1) is 0 Å². The molecule has 2 fully saturated rings. The third kappa shape index (κ3) is 1.30. The molecule has 2 aliphatic rings. The summed E-state index contributed by atoms with van der Waals surface area (Å²) >= 11 is 5.87. The van der Waals surface area contributed by atoms with Crippen LogP contribution >= 0.6 is 11.6 Å². The fraction of sp³-hybridized carbons (Fsp3) is 0.455. The summed E-state index contributed by atoms with van der Waals surface area (Å²) < 4.78 is 0. The number of nitrogens with zero attached hydrogens (tertiary/aromatic N) is 1. The molecule has 1 aromatic carbocycles. The largest absolute Gasteiger partial charge is 0.366 e. The Kier molecular flexibility index (Phi) is 1.92. The van der Waals surface area contributed by atoms with Crippen LogP contribution in [0.2, 0.25) is 5.02 Å². The molecule has 14 heavy (non-hydrogen) atoms. The van der Waals surface area contributed by atoms with Crippen LogP contribution in [0.3, 0.4) is 0 Å². The van der Waals surface area contributed by atoms with Crippen molar-refractivity contribution in [2.24, 2.45) is 0 Å². The number of piperazine rings is 1. The van der Waals surface area contributed by atoms with E-state index < -0.39 is 0 Å². The summed E-state index contributed by atoms with van der Waals surface area (Å²) in [4.78, 5) is 2.48. The number of nitrogens with one attached hydrogen (secondary N) is 1. The van der Waals surface area contributed by atoms with Crippen molar-refractivity contribution in [1.82, 2.24) is 5.32 Å². The van der Waals surface area contributed by atoms with Gasteiger partial charge in [0, 0.05) is 35.9 Å². The molecular weight excluding hydrogens is 196 g/mol. The third-order valence-corrected chi connectivity index (χ3v) is 3.47. The average Bonchev–Trinajstić information content (AvgIpc) is 2.80. The molecule has 74 valence electrons. The van der Waals surface area contributed by atoms with E-state index in [0.717, 1.165) is 18.1 Å². The number of hydrogen-bond acceptors (Lipinski definition) is 2. The van der Waals surface area contributed by atoms with Crippen LogP contribution in [0.5, 0.6) is 0 Å². The molecule has 0 amide bonds. The van der Waals surface area contributed by atoms with Gasteiger partial charge in [-0.2, -0.15) is 0 Å². The zero-order valence-corrected chi connectivity index (χ0v) is 8.67. The average molecular weight is 209 g/mol. The summed E-state index contributed by atoms with van der Waals surface area (Å²) in [6.07, 6.45) is 1.29. The van der Waals surface area contributed by atoms with Gasteiger partial charge in [-0.05, 0) is 30.7 Å². The fourth-order valence-corrected chi connectivity index (χ4v) is 2.64. The highest BCUT2D eigenvalue weighted by Crippen LogP contribution is 2.29. The fourth-order valence-electron chi connectivity index (χ4n) is 2.51. The Morgan fingerprint density at radius 1 is 1.29 bits per heavy atom. The molecular formula is C11H13ClN2. The first-order valence-electron chi connectivity index (χ1n) is 5.08. The monoisotopic (exact) mass is 208 g/mol. The molecule has 2 nitrogen and oxygen atoms in total. The topological polar surface area (TPSA) is 15.3 Å². The summed E-state index contributed by atoms with van der Waals surface area (Å²) in [5.41, 5.74) is 1.31. The lowest BCUT2D eigenvalue weighted by atomic mass is 10.2. The van der Waals surface area contributed by atoms with Crippen molar-refractivity contribution in [3.8, 4) is 0 Å². The van der Waals surface area contributed by atoms with Crippen LogP contribution in [0.15, 0.2) is 24.3 Å². The zero-order chi connectivity index (χ0) is 9.54. The maximum absolute atomic E-state index is 5.87. The summed E-state index contributed by atoms with van der Waals surface area (Å²) in [5.74, 6) is 0. The van der Waals surface area contributed by atoms with Gasteiger partial charge >= 0.3 is 0 Å². The Bertz CT molecular complexity index is 336. The Balaban J connectivity index is 1.86. The van der Waals surface area contributed by atoms with Gasteiger partial charge in [0.25, 0.3) is 0 Å². The minimum Gasteiger partial charge on any atom is -0.366 e. The lowest BCUT2D eigenvalue weighted by molar-refractivity contribution is 0.580. The maximum Gasteiger partial charge on any atom is 0.0430 e. The van der Waals surface area contributed by atoms with Crippen molar-refractivity contribution < 1.29 is 0 Å². The molecule has 1 aromatic rings. The summed E-state index contributed by atoms with van der Waals surface area (Å²) in [5, 5.41) is 4.32. The van der Waals surface area contributed by atoms with Crippen molar-refractivity contribution in [1.29, 1.82) is 0 Å². The predicted molar refractivity (Wildman–Crippen MR) is 59.0 cm³/mol. The second kappa shape index (κ2) is 3.14. The van der Waals surface area contributed by atoms with Crippen LogP contribution < -0.4 is 10.2 Å². The molecule has 2 unspecified atom stereocenters. The molecule has 0 aliphatic carbocycles. The molecule has 2 heterocycles. The first-order valence-corrected chi connectivity index (χ1v) is 5.46. The van der Waals surface area contributed by atoms with Crippen LogP contribution in [-0.4, -0.2) is 25.2 Å². The quantitative estimate of drug-likeness (QED) is 0.759. The predicted octanol–water partition coefficient (Wildman–Crippen LogP) is 1.89. The van der Waals surface area contributed by atoms with E-state index in [1.165, 1.54) is 12.1 Å². The van der Waals surface area contributed by atoms with Gasteiger partial charge in [-0.25, -0.2) is 0 Å². The third-order valence-electron chi connectivity index (χ3n) is 3.21. The number of anilines is 1. The number of rotatable bonds is 1. The van der Waals surface area contributed by atoms with E-state index in [1.807, 2.05) is 12.1 Å². The Morgan fingerprint density at radius 2 is 2.07 bits per heavy atom. The molecule has 1 N–H and O–H groups in total. The SMILES string of the molecule is Clc1ccc(N2CC3CC2CN3)cc1. The Morgan fingerprint density at radius 3 is 2.64 bits per heavy atom. The summed E-state index contributed by atoms with van der Waals surface area (Å²) in [7, 11) is 0. The number of fused-ring (bicyclic) bond motifs is 2. The number of hydrogen-bond donors (Lipinski definition) is 1. The molecule has 2 aliphatic heterocycles. The van der Waals surface area contributed by atoms with Crippen LogP contribution in [0.1, 0.15) is 6.42 Å². The highest BCUT2D eigenvalue weighted by Gasteiger charge is 2.37. The molecule has 3 heteroatoms. The van der Waals surface area contributed by atoms with Gasteiger partial charge in [0.2, 0.25) is 0 Å². The van der Waals surface area contributed by atoms with E-state index in [1.54, 1.807) is 0 Å². The van der Waals surface area contributed by atoms with Crippen LogP contribution in [-0.2, 0) is 0 Å². The van der Waals surface area contributed by atoms with E-state index >= 15 is 0 Å². The minimum atomic E-state index is 0.696. The molecule has 3 rings (SSSR count). The van der Waals surface area contributed by atoms with Crippen LogP contribution in [0.4, 0.5) is 5.69 Å². The van der Waals surface area contributed by atoms with Crippen LogP contribution in [0.25, 0.3) is 0 Å². The Labute approximate surface area is 88.9 Å². The summed E-state index contributed by atoms with van der Waals surface area (Å²) in [6, 6.07) is 9.57. The van der Waals surface area contributed by atoms with Crippen LogP contribution in [0, 0.1) is 0 Å². The molecule has 0 radical (unpaired) electrons. The Hall–Kier alpha value is -0.730. The van der Waals surface area contributed by atoms with E-state index in [-0.39, 0.29) is 0 Å². The van der Waals surface area contributed by atoms with Gasteiger partial charge in [0.15, 0.2) is 0 Å². The smallest absolute Gasteiger partial charge is 0.0430 e. The molecule has 0 spiro atoms.